The SMILES string of the molecule is COC(=O)c1csc(S(=O)(=O)N=S(C)(=O)c2ccccc2)c1OC. The van der Waals surface area contributed by atoms with E-state index in [1.807, 2.05) is 0 Å². The minimum absolute atomic E-state index is 0.0268. The average Bonchev–Trinajstić information content (AvgIpc) is 2.99. The van der Waals surface area contributed by atoms with Crippen LogP contribution in [0.25, 0.3) is 0 Å². The summed E-state index contributed by atoms with van der Waals surface area (Å²) in [4.78, 5) is 12.0. The van der Waals surface area contributed by atoms with Crippen LogP contribution < -0.4 is 4.74 Å². The van der Waals surface area contributed by atoms with Crippen molar-refractivity contribution in [3.63, 3.8) is 0 Å². The topological polar surface area (TPSA) is 99.1 Å². The van der Waals surface area contributed by atoms with E-state index < -0.39 is 25.7 Å². The summed E-state index contributed by atoms with van der Waals surface area (Å²) in [5.41, 5.74) is -0.0268. The minimum Gasteiger partial charge on any atom is -0.493 e. The van der Waals surface area contributed by atoms with E-state index in [4.69, 9.17) is 4.74 Å². The fraction of sp³-hybridized carbons (Fsp3) is 0.214. The lowest BCUT2D eigenvalue weighted by Gasteiger charge is -2.06. The summed E-state index contributed by atoms with van der Waals surface area (Å²) in [7, 11) is -5.08. The first-order valence-corrected chi connectivity index (χ1v) is 10.7. The van der Waals surface area contributed by atoms with Gasteiger partial charge in [0.15, 0.2) is 9.96 Å². The second-order valence-corrected chi connectivity index (χ2v) is 9.80. The van der Waals surface area contributed by atoms with Crippen LogP contribution in [0, 0.1) is 0 Å². The van der Waals surface area contributed by atoms with Gasteiger partial charge in [-0.3, -0.25) is 0 Å². The predicted octanol–water partition coefficient (Wildman–Crippen LogP) is 2.39. The smallest absolute Gasteiger partial charge is 0.342 e. The number of hydrogen-bond donors (Lipinski definition) is 0. The number of sulfonamides is 1. The van der Waals surface area contributed by atoms with E-state index in [0.717, 1.165) is 11.3 Å². The van der Waals surface area contributed by atoms with Crippen molar-refractivity contribution in [2.24, 2.45) is 3.77 Å². The number of carbonyl (C=O) groups is 1. The van der Waals surface area contributed by atoms with Crippen molar-refractivity contribution >= 4 is 37.1 Å². The molecule has 1 heterocycles. The zero-order valence-corrected chi connectivity index (χ0v) is 15.5. The van der Waals surface area contributed by atoms with E-state index in [9.17, 15) is 17.4 Å². The standard InChI is InChI=1S/C14H15NO6S3/c1-20-12-11(13(16)21-2)9-22-14(12)24(18,19)15-23(3,17)10-7-5-4-6-8-10/h4-9H,1-3H3. The first kappa shape index (κ1) is 18.4. The lowest BCUT2D eigenvalue weighted by atomic mass is 10.3. The molecule has 1 aromatic carbocycles. The molecule has 0 aliphatic rings. The molecule has 0 N–H and O–H groups in total. The average molecular weight is 389 g/mol. The molecule has 1 unspecified atom stereocenters. The molecule has 0 saturated heterocycles. The Balaban J connectivity index is 2.61. The third-order valence-corrected chi connectivity index (χ3v) is 8.38. The predicted molar refractivity (Wildman–Crippen MR) is 90.6 cm³/mol. The molecular formula is C14H15NO6S3. The van der Waals surface area contributed by atoms with Gasteiger partial charge < -0.3 is 9.47 Å². The van der Waals surface area contributed by atoms with Crippen LogP contribution in [0.15, 0.2) is 48.6 Å². The Morgan fingerprint density at radius 1 is 1.12 bits per heavy atom. The zero-order valence-electron chi connectivity index (χ0n) is 13.1. The van der Waals surface area contributed by atoms with Gasteiger partial charge in [-0.2, -0.15) is 8.42 Å². The van der Waals surface area contributed by atoms with E-state index in [-0.39, 0.29) is 20.4 Å². The van der Waals surface area contributed by atoms with Crippen LogP contribution in [0.5, 0.6) is 5.75 Å². The maximum Gasteiger partial charge on any atom is 0.342 e. The summed E-state index contributed by atoms with van der Waals surface area (Å²) in [5, 5.41) is 1.30. The van der Waals surface area contributed by atoms with Gasteiger partial charge >= 0.3 is 16.0 Å². The van der Waals surface area contributed by atoms with Crippen LogP contribution in [-0.4, -0.2) is 39.1 Å². The van der Waals surface area contributed by atoms with Crippen molar-refractivity contribution in [1.29, 1.82) is 0 Å². The summed E-state index contributed by atoms with van der Waals surface area (Å²) >= 11 is 0.754. The van der Waals surface area contributed by atoms with Crippen molar-refractivity contribution < 1.29 is 26.9 Å². The van der Waals surface area contributed by atoms with Gasteiger partial charge in [-0.05, 0) is 12.1 Å². The lowest BCUT2D eigenvalue weighted by molar-refractivity contribution is 0.0597. The Labute approximate surface area is 144 Å². The van der Waals surface area contributed by atoms with Crippen LogP contribution in [0.3, 0.4) is 0 Å². The highest BCUT2D eigenvalue weighted by molar-refractivity contribution is 8.03. The zero-order chi connectivity index (χ0) is 18.0. The lowest BCUT2D eigenvalue weighted by Crippen LogP contribution is -2.06. The van der Waals surface area contributed by atoms with Crippen LogP contribution >= 0.6 is 11.3 Å². The van der Waals surface area contributed by atoms with E-state index in [1.165, 1.54) is 38.0 Å². The fourth-order valence-corrected chi connectivity index (χ4v) is 6.72. The molecule has 1 atom stereocenters. The third-order valence-electron chi connectivity index (χ3n) is 2.98. The fourth-order valence-electron chi connectivity index (χ4n) is 1.89. The molecule has 0 aliphatic heterocycles. The molecule has 0 aliphatic carbocycles. The summed E-state index contributed by atoms with van der Waals surface area (Å²) < 4.78 is 50.7. The number of hydrogen-bond acceptors (Lipinski definition) is 7. The Kier molecular flexibility index (Phi) is 5.31. The number of carbonyl (C=O) groups excluding carboxylic acids is 1. The van der Waals surface area contributed by atoms with Crippen LogP contribution in [0.2, 0.25) is 0 Å². The van der Waals surface area contributed by atoms with E-state index in [1.54, 1.807) is 18.2 Å². The number of nitrogens with zero attached hydrogens (tertiary/aromatic N) is 1. The molecule has 0 spiro atoms. The molecule has 0 fully saturated rings. The quantitative estimate of drug-likeness (QED) is 0.728. The van der Waals surface area contributed by atoms with Gasteiger partial charge in [-0.25, -0.2) is 9.00 Å². The molecule has 0 saturated carbocycles. The molecule has 0 amide bonds. The molecule has 24 heavy (non-hydrogen) atoms. The summed E-state index contributed by atoms with van der Waals surface area (Å²) in [6.45, 7) is 0. The number of esters is 1. The molecular weight excluding hydrogens is 374 g/mol. The number of rotatable bonds is 5. The minimum atomic E-state index is -4.29. The number of methoxy groups -OCH3 is 2. The van der Waals surface area contributed by atoms with Gasteiger partial charge in [0.1, 0.15) is 5.56 Å². The molecule has 1 aromatic heterocycles. The van der Waals surface area contributed by atoms with Crippen molar-refractivity contribution in [2.75, 3.05) is 20.5 Å². The first-order valence-electron chi connectivity index (χ1n) is 6.50. The van der Waals surface area contributed by atoms with Crippen LogP contribution in [0.4, 0.5) is 0 Å². The Morgan fingerprint density at radius 3 is 2.29 bits per heavy atom. The first-order chi connectivity index (χ1) is 11.2. The van der Waals surface area contributed by atoms with Crippen molar-refractivity contribution in [3.8, 4) is 5.75 Å². The molecule has 2 aromatic rings. The van der Waals surface area contributed by atoms with Gasteiger partial charge in [0.2, 0.25) is 0 Å². The van der Waals surface area contributed by atoms with Crippen LogP contribution in [-0.2, 0) is 24.5 Å². The van der Waals surface area contributed by atoms with Gasteiger partial charge in [0, 0.05) is 16.5 Å². The maximum absolute atomic E-state index is 12.7. The van der Waals surface area contributed by atoms with Gasteiger partial charge in [-0.15, -0.1) is 15.1 Å². The van der Waals surface area contributed by atoms with E-state index >= 15 is 0 Å². The normalized spacial score (nSPS) is 13.8. The highest BCUT2D eigenvalue weighted by Gasteiger charge is 2.29. The second-order valence-electron chi connectivity index (χ2n) is 4.63. The number of thiophene rings is 1. The van der Waals surface area contributed by atoms with Crippen molar-refractivity contribution in [3.05, 3.63) is 41.3 Å². The highest BCUT2D eigenvalue weighted by Crippen LogP contribution is 2.36. The van der Waals surface area contributed by atoms with E-state index in [0.29, 0.717) is 0 Å². The van der Waals surface area contributed by atoms with Crippen molar-refractivity contribution in [2.45, 2.75) is 9.10 Å². The number of ether oxygens (including phenoxy) is 2. The van der Waals surface area contributed by atoms with E-state index in [2.05, 4.69) is 8.50 Å². The third kappa shape index (κ3) is 3.60. The summed E-state index contributed by atoms with van der Waals surface area (Å²) in [5.74, 6) is -0.899. The molecule has 130 valence electrons. The molecule has 7 nitrogen and oxygen atoms in total. The Bertz CT molecular complexity index is 969. The summed E-state index contributed by atoms with van der Waals surface area (Å²) in [6.07, 6.45) is 1.24. The number of benzene rings is 1. The molecule has 0 radical (unpaired) electrons. The Morgan fingerprint density at radius 2 is 1.75 bits per heavy atom. The molecule has 10 heteroatoms. The largest absolute Gasteiger partial charge is 0.493 e. The molecule has 2 rings (SSSR count). The molecule has 0 bridgehead atoms. The second kappa shape index (κ2) is 6.91. The van der Waals surface area contributed by atoms with Crippen molar-refractivity contribution in [1.82, 2.24) is 0 Å². The van der Waals surface area contributed by atoms with Gasteiger partial charge in [-0.1, -0.05) is 18.2 Å². The van der Waals surface area contributed by atoms with Crippen LogP contribution in [0.1, 0.15) is 10.4 Å². The highest BCUT2D eigenvalue weighted by atomic mass is 32.3. The maximum atomic E-state index is 12.7. The van der Waals surface area contributed by atoms with Gasteiger partial charge in [0.05, 0.1) is 23.9 Å². The monoisotopic (exact) mass is 389 g/mol. The van der Waals surface area contributed by atoms with Gasteiger partial charge in [0.25, 0.3) is 0 Å². The summed E-state index contributed by atoms with van der Waals surface area (Å²) in [6, 6.07) is 8.07. The Hall–Kier alpha value is -1.91.